The summed E-state index contributed by atoms with van der Waals surface area (Å²) in [6.45, 7) is 0. The average Bonchev–Trinajstić information content (AvgIpc) is 2.85. The number of pyridine rings is 1. The number of nitrogens with one attached hydrogen (secondary N) is 2. The molecule has 0 saturated carbocycles. The van der Waals surface area contributed by atoms with Crippen LogP contribution in [0.1, 0.15) is 0 Å². The first-order valence-corrected chi connectivity index (χ1v) is 10.2. The Kier molecular flexibility index (Phi) is 6.63. The van der Waals surface area contributed by atoms with Gasteiger partial charge in [0, 0.05) is 29.4 Å². The number of rotatable bonds is 7. The third kappa shape index (κ3) is 4.78. The molecule has 8 nitrogen and oxygen atoms in total. The SMILES string of the molecule is COc1ccccc1N[11C](=O)Nc1ccc(Oc2ccnc3cc(OC)c(OC)cc23)c(F)c1. The Bertz CT molecular complexity index is 1350. The number of halogens is 1. The van der Waals surface area contributed by atoms with Crippen LogP contribution < -0.4 is 29.6 Å². The van der Waals surface area contributed by atoms with Gasteiger partial charge in [-0.3, -0.25) is 4.98 Å². The molecule has 4 aromatic rings. The van der Waals surface area contributed by atoms with Crippen LogP contribution in [0.15, 0.2) is 66.9 Å². The normalized spacial score (nSPS) is 10.5. The van der Waals surface area contributed by atoms with E-state index in [4.69, 9.17) is 18.9 Å². The molecule has 2 N–H and O–H groups in total. The Labute approximate surface area is 195 Å². The van der Waals surface area contributed by atoms with Gasteiger partial charge in [0.15, 0.2) is 23.1 Å². The predicted molar refractivity (Wildman–Crippen MR) is 127 cm³/mol. The number of methoxy groups -OCH3 is 3. The average molecular weight is 462 g/mol. The molecule has 4 rings (SSSR count). The zero-order chi connectivity index (χ0) is 24.1. The summed E-state index contributed by atoms with van der Waals surface area (Å²) in [6.07, 6.45) is 1.56. The molecule has 1 heterocycles. The smallest absolute Gasteiger partial charge is 0.323 e. The van der Waals surface area contributed by atoms with Gasteiger partial charge in [0.2, 0.25) is 0 Å². The molecular formula is C25H22FN3O5. The zero-order valence-electron chi connectivity index (χ0n) is 18.7. The number of anilines is 2. The van der Waals surface area contributed by atoms with Gasteiger partial charge in [0.1, 0.15) is 11.5 Å². The van der Waals surface area contributed by atoms with Gasteiger partial charge in [-0.1, -0.05) is 12.1 Å². The van der Waals surface area contributed by atoms with Crippen LogP contribution in [0.2, 0.25) is 0 Å². The van der Waals surface area contributed by atoms with Crippen LogP contribution in [-0.4, -0.2) is 32.3 Å². The largest absolute Gasteiger partial charge is 0.495 e. The first-order valence-electron chi connectivity index (χ1n) is 10.2. The molecule has 0 saturated heterocycles. The number of benzene rings is 3. The van der Waals surface area contributed by atoms with Gasteiger partial charge in [0.25, 0.3) is 0 Å². The Morgan fingerprint density at radius 2 is 1.53 bits per heavy atom. The van der Waals surface area contributed by atoms with E-state index in [1.54, 1.807) is 48.7 Å². The molecule has 0 fully saturated rings. The molecule has 3 aromatic carbocycles. The Morgan fingerprint density at radius 3 is 2.26 bits per heavy atom. The monoisotopic (exact) mass is 462 g/mol. The van der Waals surface area contributed by atoms with E-state index in [9.17, 15) is 9.18 Å². The maximum absolute atomic E-state index is 14.8. The number of para-hydroxylation sites is 2. The predicted octanol–water partition coefficient (Wildman–Crippen LogP) is 5.84. The van der Waals surface area contributed by atoms with Crippen molar-refractivity contribution in [3.05, 3.63) is 72.7 Å². The number of carbonyl (C=O) groups is 1. The number of nitrogens with zero attached hydrogens (tertiary/aromatic N) is 1. The highest BCUT2D eigenvalue weighted by Gasteiger charge is 2.14. The fourth-order valence-corrected chi connectivity index (χ4v) is 3.35. The van der Waals surface area contributed by atoms with Crippen molar-refractivity contribution in [3.8, 4) is 28.7 Å². The van der Waals surface area contributed by atoms with E-state index in [0.717, 1.165) is 0 Å². The number of urea groups is 1. The number of ether oxygens (including phenoxy) is 4. The topological polar surface area (TPSA) is 90.9 Å². The van der Waals surface area contributed by atoms with Gasteiger partial charge in [-0.05, 0) is 36.4 Å². The maximum Gasteiger partial charge on any atom is 0.323 e. The second kappa shape index (κ2) is 9.95. The molecule has 0 aliphatic heterocycles. The molecular weight excluding hydrogens is 440 g/mol. The van der Waals surface area contributed by atoms with Gasteiger partial charge in [-0.15, -0.1) is 0 Å². The zero-order valence-corrected chi connectivity index (χ0v) is 18.7. The number of carbonyl (C=O) groups excluding carboxylic acids is 1. The van der Waals surface area contributed by atoms with Crippen LogP contribution in [0.25, 0.3) is 10.9 Å². The molecule has 34 heavy (non-hydrogen) atoms. The lowest BCUT2D eigenvalue weighted by atomic mass is 10.1. The van der Waals surface area contributed by atoms with E-state index in [-0.39, 0.29) is 11.4 Å². The van der Waals surface area contributed by atoms with Crippen molar-refractivity contribution in [1.29, 1.82) is 0 Å². The molecule has 0 radical (unpaired) electrons. The lowest BCUT2D eigenvalue weighted by Crippen LogP contribution is -2.19. The van der Waals surface area contributed by atoms with Gasteiger partial charge in [-0.25, -0.2) is 9.18 Å². The van der Waals surface area contributed by atoms with Gasteiger partial charge in [0.05, 0.1) is 32.5 Å². The third-order valence-corrected chi connectivity index (χ3v) is 4.97. The van der Waals surface area contributed by atoms with Crippen LogP contribution in [0.3, 0.4) is 0 Å². The van der Waals surface area contributed by atoms with Crippen LogP contribution in [0.5, 0.6) is 28.7 Å². The van der Waals surface area contributed by atoms with Gasteiger partial charge >= 0.3 is 6.03 Å². The molecule has 9 heteroatoms. The van der Waals surface area contributed by atoms with Gasteiger partial charge < -0.3 is 29.6 Å². The van der Waals surface area contributed by atoms with Crippen molar-refractivity contribution in [2.45, 2.75) is 0 Å². The molecule has 0 aliphatic carbocycles. The van der Waals surface area contributed by atoms with Crippen LogP contribution in [0.4, 0.5) is 20.6 Å². The van der Waals surface area contributed by atoms with Crippen LogP contribution in [0, 0.1) is 5.82 Å². The third-order valence-electron chi connectivity index (χ3n) is 4.97. The molecule has 0 bridgehead atoms. The van der Waals surface area contributed by atoms with Crippen LogP contribution in [-0.2, 0) is 0 Å². The summed E-state index contributed by atoms with van der Waals surface area (Å²) >= 11 is 0. The molecule has 2 amide bonds. The Morgan fingerprint density at radius 1 is 0.794 bits per heavy atom. The van der Waals surface area contributed by atoms with E-state index >= 15 is 0 Å². The van der Waals surface area contributed by atoms with Crippen molar-refractivity contribution in [3.63, 3.8) is 0 Å². The van der Waals surface area contributed by atoms with Crippen molar-refractivity contribution >= 4 is 28.3 Å². The first-order chi connectivity index (χ1) is 16.5. The van der Waals surface area contributed by atoms with Crippen molar-refractivity contribution in [2.24, 2.45) is 0 Å². The Balaban J connectivity index is 1.53. The summed E-state index contributed by atoms with van der Waals surface area (Å²) in [7, 11) is 4.56. The fraction of sp³-hybridized carbons (Fsp3) is 0.120. The van der Waals surface area contributed by atoms with Crippen molar-refractivity contribution in [2.75, 3.05) is 32.0 Å². The van der Waals surface area contributed by atoms with Crippen molar-refractivity contribution < 1.29 is 28.1 Å². The molecule has 0 aliphatic rings. The summed E-state index contributed by atoms with van der Waals surface area (Å²) in [5, 5.41) is 5.88. The summed E-state index contributed by atoms with van der Waals surface area (Å²) in [5.74, 6) is 1.24. The fourth-order valence-electron chi connectivity index (χ4n) is 3.35. The second-order valence-electron chi connectivity index (χ2n) is 7.06. The molecule has 0 atom stereocenters. The maximum atomic E-state index is 14.8. The van der Waals surface area contributed by atoms with Crippen LogP contribution >= 0.6 is 0 Å². The first kappa shape index (κ1) is 22.7. The minimum absolute atomic E-state index is 0.0158. The summed E-state index contributed by atoms with van der Waals surface area (Å²) < 4.78 is 36.5. The summed E-state index contributed by atoms with van der Waals surface area (Å²) in [5.41, 5.74) is 1.34. The quantitative estimate of drug-likeness (QED) is 0.359. The molecule has 0 spiro atoms. The van der Waals surface area contributed by atoms with E-state index in [0.29, 0.717) is 39.6 Å². The highest BCUT2D eigenvalue weighted by Crippen LogP contribution is 2.37. The summed E-state index contributed by atoms with van der Waals surface area (Å²) in [6, 6.07) is 15.6. The Hall–Kier alpha value is -4.53. The molecule has 0 unspecified atom stereocenters. The second-order valence-corrected chi connectivity index (χ2v) is 7.06. The number of aromatic nitrogens is 1. The summed E-state index contributed by atoms with van der Waals surface area (Å²) in [4.78, 5) is 16.6. The highest BCUT2D eigenvalue weighted by atomic mass is 19.1. The minimum atomic E-state index is -0.652. The van der Waals surface area contributed by atoms with Gasteiger partial charge in [-0.2, -0.15) is 0 Å². The lowest BCUT2D eigenvalue weighted by molar-refractivity contribution is 0.262. The number of fused-ring (bicyclic) bond motifs is 1. The molecule has 1 aromatic heterocycles. The number of hydrogen-bond acceptors (Lipinski definition) is 6. The van der Waals surface area contributed by atoms with E-state index in [1.807, 2.05) is 0 Å². The lowest BCUT2D eigenvalue weighted by Gasteiger charge is -2.14. The van der Waals surface area contributed by atoms with Crippen molar-refractivity contribution in [1.82, 2.24) is 4.98 Å². The number of amides is 2. The van der Waals surface area contributed by atoms with E-state index < -0.39 is 11.8 Å². The standard InChI is InChI=1S/C25H22FN3O5/c1-31-22-7-5-4-6-18(22)29-25(30)28-15-8-9-21(17(26)12-15)34-20-10-11-27-19-14-24(33-3)23(32-2)13-16(19)20/h4-14H,1-3H3,(H2,28,29,30)/i25-1. The van der Waals surface area contributed by atoms with E-state index in [2.05, 4.69) is 15.6 Å². The highest BCUT2D eigenvalue weighted by molar-refractivity contribution is 6.00. The number of hydrogen-bond donors (Lipinski definition) is 2. The van der Waals surface area contributed by atoms with E-state index in [1.165, 1.54) is 39.5 Å². The molecule has 174 valence electrons. The minimum Gasteiger partial charge on any atom is -0.495 e.